The summed E-state index contributed by atoms with van der Waals surface area (Å²) in [6, 6.07) is 15.9. The number of hydrogen-bond acceptors (Lipinski definition) is 3. The Morgan fingerprint density at radius 1 is 1.19 bits per heavy atom. The minimum atomic E-state index is -0.827. The molecule has 1 N–H and O–H groups in total. The number of benzene rings is 2. The lowest BCUT2D eigenvalue weighted by Gasteiger charge is -2.21. The van der Waals surface area contributed by atoms with Crippen LogP contribution < -0.4 is 0 Å². The van der Waals surface area contributed by atoms with Crippen molar-refractivity contribution in [2.75, 3.05) is 0 Å². The van der Waals surface area contributed by atoms with Gasteiger partial charge in [-0.05, 0) is 29.7 Å². The molecule has 0 saturated heterocycles. The molecule has 5 heteroatoms. The number of amides is 1. The average Bonchev–Trinajstić information content (AvgIpc) is 2.67. The van der Waals surface area contributed by atoms with E-state index in [0.29, 0.717) is 5.06 Å². The van der Waals surface area contributed by atoms with Gasteiger partial charge in [-0.2, -0.15) is 5.06 Å². The normalized spacial score (nSPS) is 11.2. The monoisotopic (exact) mass is 415 g/mol. The second-order valence-electron chi connectivity index (χ2n) is 5.76. The summed E-state index contributed by atoms with van der Waals surface area (Å²) < 4.78 is 6.12. The van der Waals surface area contributed by atoms with Crippen LogP contribution in [0, 0.1) is 11.8 Å². The summed E-state index contributed by atoms with van der Waals surface area (Å²) in [5.74, 6) is 6.02. The molecule has 26 heavy (non-hydrogen) atoms. The number of hydrogen-bond donors (Lipinski definition) is 1. The summed E-state index contributed by atoms with van der Waals surface area (Å²) in [6.45, 7) is 2.18. The molecule has 1 amide bonds. The maximum atomic E-state index is 12.3. The molecule has 0 aliphatic rings. The van der Waals surface area contributed by atoms with Gasteiger partial charge in [0.05, 0.1) is 0 Å². The Morgan fingerprint density at radius 3 is 2.54 bits per heavy atom. The molecule has 4 nitrogen and oxygen atoms in total. The zero-order chi connectivity index (χ0) is 18.8. The highest BCUT2D eigenvalue weighted by Gasteiger charge is 2.23. The van der Waals surface area contributed by atoms with Crippen LogP contribution in [0.15, 0.2) is 59.1 Å². The predicted molar refractivity (Wildman–Crippen MR) is 104 cm³/mol. The standard InChI is InChI=1S/C21H22BrNO3/c1-2-3-4-8-11-20(18-12-14-19(22)15-13-18)23(25)21(24)26-16-17-9-6-5-7-10-17/h5-7,9-10,12-15,20,25H,2-4,16H2,1H3. The van der Waals surface area contributed by atoms with Crippen LogP contribution in [0.25, 0.3) is 0 Å². The Hall–Kier alpha value is -2.29. The summed E-state index contributed by atoms with van der Waals surface area (Å²) in [7, 11) is 0. The number of hydroxylamine groups is 2. The highest BCUT2D eigenvalue weighted by Crippen LogP contribution is 2.22. The molecule has 1 atom stereocenters. The highest BCUT2D eigenvalue weighted by molar-refractivity contribution is 9.10. The van der Waals surface area contributed by atoms with E-state index in [9.17, 15) is 10.0 Å². The molecule has 0 bridgehead atoms. The van der Waals surface area contributed by atoms with Crippen molar-refractivity contribution in [2.45, 2.75) is 38.8 Å². The van der Waals surface area contributed by atoms with Crippen LogP contribution in [0.5, 0.6) is 0 Å². The number of carbonyl (C=O) groups excluding carboxylic acids is 1. The molecule has 0 spiro atoms. The largest absolute Gasteiger partial charge is 0.443 e. The quantitative estimate of drug-likeness (QED) is 0.284. The summed E-state index contributed by atoms with van der Waals surface area (Å²) in [6.07, 6.45) is 1.91. The summed E-state index contributed by atoms with van der Waals surface area (Å²) in [5, 5.41) is 10.9. The first-order valence-electron chi connectivity index (χ1n) is 8.54. The number of halogens is 1. The fourth-order valence-corrected chi connectivity index (χ4v) is 2.52. The SMILES string of the molecule is CCCCC#CC(c1ccc(Br)cc1)N(O)C(=O)OCc1ccccc1. The zero-order valence-electron chi connectivity index (χ0n) is 14.7. The Kier molecular flexibility index (Phi) is 8.20. The number of unbranched alkanes of at least 4 members (excludes halogenated alkanes) is 2. The van der Waals surface area contributed by atoms with Crippen LogP contribution in [0.3, 0.4) is 0 Å². The van der Waals surface area contributed by atoms with E-state index in [-0.39, 0.29) is 6.61 Å². The van der Waals surface area contributed by atoms with E-state index in [1.165, 1.54) is 0 Å². The topological polar surface area (TPSA) is 49.8 Å². The first kappa shape index (κ1) is 20.0. The van der Waals surface area contributed by atoms with Gasteiger partial charge in [-0.15, -0.1) is 5.92 Å². The summed E-state index contributed by atoms with van der Waals surface area (Å²) in [4.78, 5) is 12.3. The third-order valence-electron chi connectivity index (χ3n) is 3.72. The van der Waals surface area contributed by atoms with Crippen LogP contribution in [-0.4, -0.2) is 16.4 Å². The number of nitrogens with zero attached hydrogens (tertiary/aromatic N) is 1. The van der Waals surface area contributed by atoms with Crippen molar-refractivity contribution in [1.82, 2.24) is 5.06 Å². The zero-order valence-corrected chi connectivity index (χ0v) is 16.3. The molecule has 136 valence electrons. The Bertz CT molecular complexity index is 750. The Balaban J connectivity index is 2.10. The first-order valence-corrected chi connectivity index (χ1v) is 9.33. The van der Waals surface area contributed by atoms with Gasteiger partial charge in [-0.25, -0.2) is 4.79 Å². The van der Waals surface area contributed by atoms with Crippen molar-refractivity contribution in [2.24, 2.45) is 0 Å². The molecule has 0 heterocycles. The van der Waals surface area contributed by atoms with Gasteiger partial charge in [0.2, 0.25) is 0 Å². The minimum Gasteiger partial charge on any atom is -0.443 e. The van der Waals surface area contributed by atoms with Crippen LogP contribution >= 0.6 is 15.9 Å². The third kappa shape index (κ3) is 6.21. The first-order chi connectivity index (χ1) is 12.6. The van der Waals surface area contributed by atoms with Crippen LogP contribution in [0.2, 0.25) is 0 Å². The van der Waals surface area contributed by atoms with Gasteiger partial charge >= 0.3 is 6.09 Å². The molecule has 0 aromatic heterocycles. The smallest absolute Gasteiger partial charge is 0.435 e. The summed E-state index contributed by atoms with van der Waals surface area (Å²) in [5.41, 5.74) is 1.57. The van der Waals surface area contributed by atoms with Crippen LogP contribution in [-0.2, 0) is 11.3 Å². The van der Waals surface area contributed by atoms with E-state index in [0.717, 1.165) is 34.9 Å². The maximum absolute atomic E-state index is 12.3. The van der Waals surface area contributed by atoms with Crippen molar-refractivity contribution < 1.29 is 14.7 Å². The molecule has 0 saturated carbocycles. The molecular weight excluding hydrogens is 394 g/mol. The number of rotatable bonds is 6. The molecule has 0 fully saturated rings. The van der Waals surface area contributed by atoms with Crippen molar-refractivity contribution in [3.63, 3.8) is 0 Å². The van der Waals surface area contributed by atoms with Crippen molar-refractivity contribution in [3.8, 4) is 11.8 Å². The maximum Gasteiger partial charge on any atom is 0.435 e. The van der Waals surface area contributed by atoms with E-state index in [2.05, 4.69) is 34.7 Å². The van der Waals surface area contributed by atoms with Crippen molar-refractivity contribution >= 4 is 22.0 Å². The average molecular weight is 416 g/mol. The van der Waals surface area contributed by atoms with Crippen molar-refractivity contribution in [3.05, 3.63) is 70.2 Å². The fourth-order valence-electron chi connectivity index (χ4n) is 2.26. The number of carbonyl (C=O) groups is 1. The molecule has 2 aromatic rings. The van der Waals surface area contributed by atoms with E-state index >= 15 is 0 Å². The minimum absolute atomic E-state index is 0.0903. The molecule has 0 aliphatic carbocycles. The van der Waals surface area contributed by atoms with Crippen molar-refractivity contribution in [1.29, 1.82) is 0 Å². The molecule has 2 rings (SSSR count). The highest BCUT2D eigenvalue weighted by atomic mass is 79.9. The lowest BCUT2D eigenvalue weighted by Crippen LogP contribution is -2.31. The molecule has 0 aliphatic heterocycles. The second kappa shape index (κ2) is 10.6. The fraction of sp³-hybridized carbons (Fsp3) is 0.286. The van der Waals surface area contributed by atoms with Gasteiger partial charge in [0.25, 0.3) is 0 Å². The van der Waals surface area contributed by atoms with Crippen LogP contribution in [0.1, 0.15) is 43.4 Å². The van der Waals surface area contributed by atoms with Gasteiger partial charge in [-0.3, -0.25) is 5.21 Å². The second-order valence-corrected chi connectivity index (χ2v) is 6.68. The Labute approximate surface area is 162 Å². The van der Waals surface area contributed by atoms with E-state index < -0.39 is 12.1 Å². The van der Waals surface area contributed by atoms with Gasteiger partial charge in [0.15, 0.2) is 0 Å². The van der Waals surface area contributed by atoms with Gasteiger partial charge in [0, 0.05) is 10.9 Å². The molecular formula is C21H22BrNO3. The Morgan fingerprint density at radius 2 is 1.88 bits per heavy atom. The predicted octanol–water partition coefficient (Wildman–Crippen LogP) is 5.71. The number of ether oxygens (including phenoxy) is 1. The van der Waals surface area contributed by atoms with E-state index in [1.807, 2.05) is 54.6 Å². The lowest BCUT2D eigenvalue weighted by atomic mass is 10.1. The van der Waals surface area contributed by atoms with Crippen LogP contribution in [0.4, 0.5) is 4.79 Å². The van der Waals surface area contributed by atoms with Gasteiger partial charge < -0.3 is 4.74 Å². The molecule has 2 aromatic carbocycles. The molecule has 1 unspecified atom stereocenters. The lowest BCUT2D eigenvalue weighted by molar-refractivity contribution is -0.0935. The van der Waals surface area contributed by atoms with Gasteiger partial charge in [0.1, 0.15) is 12.6 Å². The van der Waals surface area contributed by atoms with E-state index in [4.69, 9.17) is 4.74 Å². The van der Waals surface area contributed by atoms with Gasteiger partial charge in [-0.1, -0.05) is 77.7 Å². The third-order valence-corrected chi connectivity index (χ3v) is 4.25. The van der Waals surface area contributed by atoms with E-state index in [1.54, 1.807) is 0 Å². The molecule has 0 radical (unpaired) electrons. The summed E-state index contributed by atoms with van der Waals surface area (Å²) >= 11 is 3.38.